The van der Waals surface area contributed by atoms with Crippen LogP contribution in [0.2, 0.25) is 0 Å². The second kappa shape index (κ2) is 4.56. The molecular formula is C16H14N4. The van der Waals surface area contributed by atoms with Crippen LogP contribution in [0.25, 0.3) is 17.2 Å². The molecule has 0 atom stereocenters. The van der Waals surface area contributed by atoms with Crippen LogP contribution in [0, 0.1) is 0 Å². The molecule has 20 heavy (non-hydrogen) atoms. The Labute approximate surface area is 117 Å². The molecule has 0 saturated carbocycles. The summed E-state index contributed by atoms with van der Waals surface area (Å²) in [5.41, 5.74) is 3.40. The maximum absolute atomic E-state index is 4.41. The molecule has 0 amide bonds. The van der Waals surface area contributed by atoms with E-state index in [0.717, 1.165) is 36.6 Å². The molecule has 3 heterocycles. The molecule has 0 spiro atoms. The molecule has 4 rings (SSSR count). The Balaban J connectivity index is 1.98. The lowest BCUT2D eigenvalue weighted by Crippen LogP contribution is -2.03. The van der Waals surface area contributed by atoms with Gasteiger partial charge in [0.15, 0.2) is 5.82 Å². The fraction of sp³-hybridized carbons (Fsp3) is 0.188. The molecule has 0 radical (unpaired) electrons. The summed E-state index contributed by atoms with van der Waals surface area (Å²) in [5, 5.41) is 8.72. The van der Waals surface area contributed by atoms with Crippen LogP contribution in [0.1, 0.15) is 17.8 Å². The van der Waals surface area contributed by atoms with Crippen LogP contribution in [0.5, 0.6) is 0 Å². The zero-order valence-corrected chi connectivity index (χ0v) is 11.0. The zero-order chi connectivity index (χ0) is 13.4. The van der Waals surface area contributed by atoms with Gasteiger partial charge in [0.25, 0.3) is 0 Å². The number of rotatable bonds is 1. The first kappa shape index (κ1) is 11.3. The van der Waals surface area contributed by atoms with E-state index in [1.807, 2.05) is 18.2 Å². The molecule has 0 aliphatic carbocycles. The van der Waals surface area contributed by atoms with Gasteiger partial charge in [-0.05, 0) is 36.6 Å². The van der Waals surface area contributed by atoms with Gasteiger partial charge < -0.3 is 0 Å². The molecule has 2 aromatic heterocycles. The summed E-state index contributed by atoms with van der Waals surface area (Å²) in [6.45, 7) is 0. The van der Waals surface area contributed by atoms with Crippen LogP contribution >= 0.6 is 0 Å². The average Bonchev–Trinajstić information content (AvgIpc) is 2.84. The molecule has 0 fully saturated rings. The Bertz CT molecular complexity index is 746. The van der Waals surface area contributed by atoms with E-state index in [4.69, 9.17) is 0 Å². The fourth-order valence-electron chi connectivity index (χ4n) is 2.77. The quantitative estimate of drug-likeness (QED) is 0.677. The highest BCUT2D eigenvalue weighted by atomic mass is 15.3. The minimum absolute atomic E-state index is 0.829. The Hall–Kier alpha value is -2.49. The van der Waals surface area contributed by atoms with Crippen molar-refractivity contribution in [1.29, 1.82) is 0 Å². The number of nitrogens with zero attached hydrogens (tertiary/aromatic N) is 4. The summed E-state index contributed by atoms with van der Waals surface area (Å²) in [6, 6.07) is 14.4. The van der Waals surface area contributed by atoms with Gasteiger partial charge >= 0.3 is 0 Å². The maximum atomic E-state index is 4.41. The minimum Gasteiger partial charge on any atom is -0.277 e. The number of hydrogen-bond acceptors (Lipinski definition) is 3. The molecule has 3 aromatic rings. The highest BCUT2D eigenvalue weighted by molar-refractivity contribution is 5.56. The van der Waals surface area contributed by atoms with Crippen LogP contribution in [-0.4, -0.2) is 19.7 Å². The van der Waals surface area contributed by atoms with E-state index in [1.54, 1.807) is 6.20 Å². The summed E-state index contributed by atoms with van der Waals surface area (Å²) in [6.07, 6.45) is 4.94. The van der Waals surface area contributed by atoms with E-state index in [9.17, 15) is 0 Å². The molecular weight excluding hydrogens is 248 g/mol. The van der Waals surface area contributed by atoms with Crippen LogP contribution in [0.15, 0.2) is 48.7 Å². The SMILES string of the molecule is c1ccc(-c2nnc3n2-c2ccccc2CCC3)nc1. The van der Waals surface area contributed by atoms with Crippen molar-refractivity contribution in [3.63, 3.8) is 0 Å². The van der Waals surface area contributed by atoms with E-state index >= 15 is 0 Å². The maximum Gasteiger partial charge on any atom is 0.187 e. The standard InChI is InChI=1S/C16H14N4/c1-2-9-14-12(6-1)7-5-10-15-18-19-16(20(14)15)13-8-3-4-11-17-13/h1-4,6,8-9,11H,5,7,10H2. The lowest BCUT2D eigenvalue weighted by atomic mass is 10.1. The van der Waals surface area contributed by atoms with Crippen molar-refractivity contribution in [3.8, 4) is 17.2 Å². The topological polar surface area (TPSA) is 43.6 Å². The van der Waals surface area contributed by atoms with Crippen LogP contribution in [-0.2, 0) is 12.8 Å². The third-order valence-corrected chi connectivity index (χ3v) is 3.70. The first-order valence-corrected chi connectivity index (χ1v) is 6.87. The number of para-hydroxylation sites is 1. The molecule has 1 aromatic carbocycles. The molecule has 0 unspecified atom stereocenters. The van der Waals surface area contributed by atoms with Gasteiger partial charge in [0.05, 0.1) is 5.69 Å². The second-order valence-electron chi connectivity index (χ2n) is 4.97. The van der Waals surface area contributed by atoms with Gasteiger partial charge in [0.2, 0.25) is 0 Å². The highest BCUT2D eigenvalue weighted by Gasteiger charge is 2.20. The lowest BCUT2D eigenvalue weighted by molar-refractivity contribution is 0.783. The van der Waals surface area contributed by atoms with Gasteiger partial charge in [0.1, 0.15) is 11.5 Å². The van der Waals surface area contributed by atoms with E-state index in [1.165, 1.54) is 11.3 Å². The smallest absolute Gasteiger partial charge is 0.187 e. The van der Waals surface area contributed by atoms with Crippen molar-refractivity contribution in [2.24, 2.45) is 0 Å². The second-order valence-corrected chi connectivity index (χ2v) is 4.97. The fourth-order valence-corrected chi connectivity index (χ4v) is 2.77. The van der Waals surface area contributed by atoms with E-state index in [2.05, 4.69) is 44.0 Å². The summed E-state index contributed by atoms with van der Waals surface area (Å²) in [5.74, 6) is 1.85. The lowest BCUT2D eigenvalue weighted by Gasteiger charge is -2.10. The number of fused-ring (bicyclic) bond motifs is 3. The molecule has 4 nitrogen and oxygen atoms in total. The molecule has 98 valence electrons. The normalized spacial score (nSPS) is 13.4. The van der Waals surface area contributed by atoms with Gasteiger partial charge in [-0.1, -0.05) is 24.3 Å². The molecule has 1 aliphatic rings. The largest absolute Gasteiger partial charge is 0.277 e. The van der Waals surface area contributed by atoms with E-state index in [-0.39, 0.29) is 0 Å². The third-order valence-electron chi connectivity index (χ3n) is 3.70. The van der Waals surface area contributed by atoms with Gasteiger partial charge in [-0.3, -0.25) is 9.55 Å². The first-order valence-electron chi connectivity index (χ1n) is 6.87. The van der Waals surface area contributed by atoms with Crippen LogP contribution in [0.3, 0.4) is 0 Å². The number of aromatic nitrogens is 4. The van der Waals surface area contributed by atoms with Gasteiger partial charge in [0, 0.05) is 12.6 Å². The summed E-state index contributed by atoms with van der Waals surface area (Å²) in [7, 11) is 0. The summed E-state index contributed by atoms with van der Waals surface area (Å²) >= 11 is 0. The Morgan fingerprint density at radius 3 is 2.70 bits per heavy atom. The molecule has 4 heteroatoms. The Morgan fingerprint density at radius 2 is 1.80 bits per heavy atom. The van der Waals surface area contributed by atoms with E-state index in [0.29, 0.717) is 0 Å². The van der Waals surface area contributed by atoms with Crippen molar-refractivity contribution in [2.45, 2.75) is 19.3 Å². The zero-order valence-electron chi connectivity index (χ0n) is 11.0. The first-order chi connectivity index (χ1) is 9.93. The van der Waals surface area contributed by atoms with Gasteiger partial charge in [-0.15, -0.1) is 10.2 Å². The monoisotopic (exact) mass is 262 g/mol. The van der Waals surface area contributed by atoms with E-state index < -0.39 is 0 Å². The predicted molar refractivity (Wildman–Crippen MR) is 76.6 cm³/mol. The van der Waals surface area contributed by atoms with Crippen molar-refractivity contribution >= 4 is 0 Å². The molecule has 0 N–H and O–H groups in total. The predicted octanol–water partition coefficient (Wildman–Crippen LogP) is 2.82. The summed E-state index contributed by atoms with van der Waals surface area (Å²) < 4.78 is 2.16. The average molecular weight is 262 g/mol. The number of benzene rings is 1. The van der Waals surface area contributed by atoms with Crippen molar-refractivity contribution in [1.82, 2.24) is 19.7 Å². The van der Waals surface area contributed by atoms with Gasteiger partial charge in [-0.2, -0.15) is 0 Å². The molecule has 0 bridgehead atoms. The van der Waals surface area contributed by atoms with Crippen molar-refractivity contribution < 1.29 is 0 Å². The highest BCUT2D eigenvalue weighted by Crippen LogP contribution is 2.27. The number of aryl methyl sites for hydroxylation is 2. The molecule has 1 aliphatic heterocycles. The van der Waals surface area contributed by atoms with Crippen LogP contribution < -0.4 is 0 Å². The van der Waals surface area contributed by atoms with Crippen molar-refractivity contribution in [2.75, 3.05) is 0 Å². The van der Waals surface area contributed by atoms with Gasteiger partial charge in [-0.25, -0.2) is 0 Å². The number of pyridine rings is 1. The van der Waals surface area contributed by atoms with Crippen LogP contribution in [0.4, 0.5) is 0 Å². The summed E-state index contributed by atoms with van der Waals surface area (Å²) in [4.78, 5) is 4.41. The van der Waals surface area contributed by atoms with Crippen molar-refractivity contribution in [3.05, 3.63) is 60.0 Å². The Kier molecular flexibility index (Phi) is 2.59. The third kappa shape index (κ3) is 1.72. The Morgan fingerprint density at radius 1 is 0.900 bits per heavy atom. The molecule has 0 saturated heterocycles. The number of hydrogen-bond donors (Lipinski definition) is 0. The minimum atomic E-state index is 0.829.